The first-order chi connectivity index (χ1) is 5.80. The van der Waals surface area contributed by atoms with E-state index in [1.165, 1.54) is 11.1 Å². The predicted octanol–water partition coefficient (Wildman–Crippen LogP) is 1.94. The van der Waals surface area contributed by atoms with Gasteiger partial charge in [0.2, 0.25) is 0 Å². The molecule has 1 aromatic carbocycles. The monoisotopic (exact) mass is 160 g/mol. The molecule has 0 saturated carbocycles. The number of hydrogen-bond donors (Lipinski definition) is 0. The van der Waals surface area contributed by atoms with Crippen molar-refractivity contribution in [3.63, 3.8) is 0 Å². The van der Waals surface area contributed by atoms with Gasteiger partial charge in [-0.3, -0.25) is 0 Å². The van der Waals surface area contributed by atoms with Crippen LogP contribution in [0.15, 0.2) is 24.3 Å². The minimum atomic E-state index is 0.212. The largest absolute Gasteiger partial charge is 0.366 e. The highest BCUT2D eigenvalue weighted by Crippen LogP contribution is 2.47. The van der Waals surface area contributed by atoms with Gasteiger partial charge in [0.05, 0.1) is 6.10 Å². The van der Waals surface area contributed by atoms with Gasteiger partial charge < -0.3 is 4.74 Å². The van der Waals surface area contributed by atoms with Crippen molar-refractivity contribution in [1.82, 2.24) is 0 Å². The van der Waals surface area contributed by atoms with E-state index in [0.717, 1.165) is 12.8 Å². The molecule has 0 aromatic heterocycles. The molecule has 1 heterocycles. The van der Waals surface area contributed by atoms with Gasteiger partial charge in [-0.15, -0.1) is 0 Å². The van der Waals surface area contributed by atoms with Crippen LogP contribution in [0.5, 0.6) is 0 Å². The molecule has 1 atom stereocenters. The van der Waals surface area contributed by atoms with Crippen LogP contribution >= 0.6 is 0 Å². The van der Waals surface area contributed by atoms with E-state index in [1.54, 1.807) is 0 Å². The lowest BCUT2D eigenvalue weighted by atomic mass is 10.0. The van der Waals surface area contributed by atoms with E-state index in [-0.39, 0.29) is 5.60 Å². The quantitative estimate of drug-likeness (QED) is 0.528. The van der Waals surface area contributed by atoms with Crippen molar-refractivity contribution in [3.8, 4) is 0 Å². The molecule has 1 spiro atoms. The van der Waals surface area contributed by atoms with Crippen molar-refractivity contribution >= 4 is 0 Å². The number of fused-ring (bicyclic) bond motifs is 1. The fraction of sp³-hybridized carbons (Fsp3) is 0.455. The lowest BCUT2D eigenvalue weighted by molar-refractivity contribution is 0.303. The summed E-state index contributed by atoms with van der Waals surface area (Å²) < 4.78 is 5.65. The lowest BCUT2D eigenvalue weighted by Gasteiger charge is -1.97. The summed E-state index contributed by atoms with van der Waals surface area (Å²) >= 11 is 0. The Morgan fingerprint density at radius 3 is 2.17 bits per heavy atom. The van der Waals surface area contributed by atoms with Gasteiger partial charge in [-0.2, -0.15) is 0 Å². The highest BCUT2D eigenvalue weighted by molar-refractivity contribution is 5.38. The summed E-state index contributed by atoms with van der Waals surface area (Å²) in [5.74, 6) is 0. The molecule has 1 fully saturated rings. The standard InChI is InChI=1S/C11H12O/c1-8-11(12-8)6-9-4-2-3-5-10(9)7-11/h2-5,8H,6-7H2,1H3. The highest BCUT2D eigenvalue weighted by atomic mass is 16.6. The molecule has 62 valence electrons. The zero-order valence-corrected chi connectivity index (χ0v) is 7.21. The fourth-order valence-corrected chi connectivity index (χ4v) is 2.30. The lowest BCUT2D eigenvalue weighted by Crippen LogP contribution is -2.12. The number of benzene rings is 1. The third-order valence-electron chi connectivity index (χ3n) is 3.19. The Labute approximate surface area is 72.4 Å². The maximum Gasteiger partial charge on any atom is 0.103 e. The summed E-state index contributed by atoms with van der Waals surface area (Å²) in [7, 11) is 0. The van der Waals surface area contributed by atoms with Gasteiger partial charge in [0.15, 0.2) is 0 Å². The van der Waals surface area contributed by atoms with Crippen LogP contribution < -0.4 is 0 Å². The number of epoxide rings is 1. The van der Waals surface area contributed by atoms with Crippen molar-refractivity contribution in [1.29, 1.82) is 0 Å². The molecule has 0 radical (unpaired) electrons. The molecule has 1 aliphatic heterocycles. The second-order valence-electron chi connectivity index (χ2n) is 3.95. The first-order valence-electron chi connectivity index (χ1n) is 4.55. The SMILES string of the molecule is CC1OC12Cc1ccccc1C2. The number of rotatable bonds is 0. The Kier molecular flexibility index (Phi) is 1.06. The minimum absolute atomic E-state index is 0.212. The molecule has 12 heavy (non-hydrogen) atoms. The molecule has 3 rings (SSSR count). The van der Waals surface area contributed by atoms with Gasteiger partial charge in [0, 0.05) is 12.8 Å². The highest BCUT2D eigenvalue weighted by Gasteiger charge is 2.56. The van der Waals surface area contributed by atoms with Gasteiger partial charge >= 0.3 is 0 Å². The molecule has 0 N–H and O–H groups in total. The van der Waals surface area contributed by atoms with Gasteiger partial charge in [-0.25, -0.2) is 0 Å². The second-order valence-corrected chi connectivity index (χ2v) is 3.95. The number of hydrogen-bond acceptors (Lipinski definition) is 1. The fourth-order valence-electron chi connectivity index (χ4n) is 2.30. The summed E-state index contributed by atoms with van der Waals surface area (Å²) in [5, 5.41) is 0. The number of ether oxygens (including phenoxy) is 1. The second kappa shape index (κ2) is 1.91. The third kappa shape index (κ3) is 0.721. The topological polar surface area (TPSA) is 12.5 Å². The normalized spacial score (nSPS) is 28.9. The molecule has 0 bridgehead atoms. The van der Waals surface area contributed by atoms with Crippen LogP contribution in [-0.4, -0.2) is 11.7 Å². The Morgan fingerprint density at radius 2 is 1.75 bits per heavy atom. The van der Waals surface area contributed by atoms with Gasteiger partial charge in [0.25, 0.3) is 0 Å². The summed E-state index contributed by atoms with van der Waals surface area (Å²) in [4.78, 5) is 0. The first-order valence-corrected chi connectivity index (χ1v) is 4.55. The van der Waals surface area contributed by atoms with Crippen LogP contribution in [-0.2, 0) is 17.6 Å². The van der Waals surface area contributed by atoms with Crippen molar-refractivity contribution in [2.45, 2.75) is 31.5 Å². The van der Waals surface area contributed by atoms with Crippen LogP contribution in [0.4, 0.5) is 0 Å². The zero-order valence-electron chi connectivity index (χ0n) is 7.21. The Bertz CT molecular complexity index is 305. The van der Waals surface area contributed by atoms with Crippen LogP contribution in [0, 0.1) is 0 Å². The summed E-state index contributed by atoms with van der Waals surface area (Å²) in [6.45, 7) is 2.17. The summed E-state index contributed by atoms with van der Waals surface area (Å²) in [5.41, 5.74) is 3.19. The molecule has 1 saturated heterocycles. The van der Waals surface area contributed by atoms with Crippen LogP contribution in [0.1, 0.15) is 18.1 Å². The van der Waals surface area contributed by atoms with Crippen molar-refractivity contribution in [2.75, 3.05) is 0 Å². The Balaban J connectivity index is 2.01. The third-order valence-corrected chi connectivity index (χ3v) is 3.19. The van der Waals surface area contributed by atoms with Crippen LogP contribution in [0.25, 0.3) is 0 Å². The molecule has 1 aromatic rings. The van der Waals surface area contributed by atoms with E-state index >= 15 is 0 Å². The Hall–Kier alpha value is -0.820. The minimum Gasteiger partial charge on any atom is -0.366 e. The van der Waals surface area contributed by atoms with E-state index in [1.807, 2.05) is 0 Å². The molecule has 1 nitrogen and oxygen atoms in total. The molecule has 1 unspecified atom stereocenters. The first kappa shape index (κ1) is 6.67. The summed E-state index contributed by atoms with van der Waals surface area (Å²) in [6.07, 6.45) is 2.74. The van der Waals surface area contributed by atoms with E-state index in [0.29, 0.717) is 6.10 Å². The Morgan fingerprint density at radius 1 is 1.25 bits per heavy atom. The molecule has 1 heteroatoms. The molecular weight excluding hydrogens is 148 g/mol. The molecular formula is C11H12O. The smallest absolute Gasteiger partial charge is 0.103 e. The average molecular weight is 160 g/mol. The van der Waals surface area contributed by atoms with E-state index < -0.39 is 0 Å². The van der Waals surface area contributed by atoms with Crippen LogP contribution in [0.3, 0.4) is 0 Å². The van der Waals surface area contributed by atoms with E-state index in [2.05, 4.69) is 31.2 Å². The molecule has 1 aliphatic carbocycles. The van der Waals surface area contributed by atoms with E-state index in [9.17, 15) is 0 Å². The van der Waals surface area contributed by atoms with Gasteiger partial charge in [-0.05, 0) is 18.1 Å². The average Bonchev–Trinajstić information content (AvgIpc) is 2.57. The van der Waals surface area contributed by atoms with Crippen molar-refractivity contribution < 1.29 is 4.74 Å². The molecule has 2 aliphatic rings. The van der Waals surface area contributed by atoms with Crippen molar-refractivity contribution in [3.05, 3.63) is 35.4 Å². The predicted molar refractivity (Wildman–Crippen MR) is 47.1 cm³/mol. The summed E-state index contributed by atoms with van der Waals surface area (Å²) in [6, 6.07) is 8.67. The van der Waals surface area contributed by atoms with Gasteiger partial charge in [-0.1, -0.05) is 24.3 Å². The van der Waals surface area contributed by atoms with E-state index in [4.69, 9.17) is 4.74 Å². The van der Waals surface area contributed by atoms with Gasteiger partial charge in [0.1, 0.15) is 5.60 Å². The molecule has 0 amide bonds. The zero-order chi connectivity index (χ0) is 8.18. The van der Waals surface area contributed by atoms with Crippen LogP contribution in [0.2, 0.25) is 0 Å². The maximum absolute atomic E-state index is 5.65. The maximum atomic E-state index is 5.65. The van der Waals surface area contributed by atoms with Crippen molar-refractivity contribution in [2.24, 2.45) is 0 Å².